The van der Waals surface area contributed by atoms with Gasteiger partial charge in [0.2, 0.25) is 0 Å². The number of ether oxygens (including phenoxy) is 1. The number of carboxylic acids is 1. The zero-order valence-corrected chi connectivity index (χ0v) is 11.6. The first-order chi connectivity index (χ1) is 9.54. The van der Waals surface area contributed by atoms with Crippen LogP contribution in [0.25, 0.3) is 0 Å². The molecule has 0 spiro atoms. The highest BCUT2D eigenvalue weighted by atomic mass is 19.1. The number of hydrogen-bond donors (Lipinski definition) is 1. The zero-order valence-electron chi connectivity index (χ0n) is 11.6. The van der Waals surface area contributed by atoms with Gasteiger partial charge in [0.25, 0.3) is 0 Å². The van der Waals surface area contributed by atoms with Crippen LogP contribution in [-0.2, 0) is 11.3 Å². The van der Waals surface area contributed by atoms with Crippen molar-refractivity contribution in [3.8, 4) is 0 Å². The van der Waals surface area contributed by atoms with Crippen LogP contribution >= 0.6 is 0 Å². The van der Waals surface area contributed by atoms with Gasteiger partial charge in [0.05, 0.1) is 5.56 Å². The van der Waals surface area contributed by atoms with Crippen molar-refractivity contribution in [1.29, 1.82) is 0 Å². The maximum absolute atomic E-state index is 13.4. The third kappa shape index (κ3) is 4.28. The molecular formula is C15H20FNO3. The van der Waals surface area contributed by atoms with Crippen molar-refractivity contribution in [2.24, 2.45) is 5.92 Å². The number of hydrogen-bond acceptors (Lipinski definition) is 3. The molecule has 1 fully saturated rings. The average Bonchev–Trinajstić information content (AvgIpc) is 2.38. The summed E-state index contributed by atoms with van der Waals surface area (Å²) in [4.78, 5) is 13.0. The molecular weight excluding hydrogens is 261 g/mol. The predicted molar refractivity (Wildman–Crippen MR) is 73.2 cm³/mol. The van der Waals surface area contributed by atoms with E-state index in [1.54, 1.807) is 0 Å². The lowest BCUT2D eigenvalue weighted by molar-refractivity contribution is 0.0549. The molecule has 1 aromatic rings. The van der Waals surface area contributed by atoms with Crippen LogP contribution < -0.4 is 0 Å². The molecule has 0 aliphatic carbocycles. The van der Waals surface area contributed by atoms with Gasteiger partial charge < -0.3 is 14.7 Å². The quantitative estimate of drug-likeness (QED) is 0.900. The summed E-state index contributed by atoms with van der Waals surface area (Å²) < 4.78 is 18.7. The molecule has 0 saturated carbocycles. The summed E-state index contributed by atoms with van der Waals surface area (Å²) in [5.74, 6) is -1.00. The Morgan fingerprint density at radius 2 is 2.10 bits per heavy atom. The van der Waals surface area contributed by atoms with Crippen LogP contribution in [0, 0.1) is 11.7 Å². The average molecular weight is 281 g/mol. The SMILES string of the molecule is CN(Cc1cc(F)cc(C(=O)O)c1)CC1CCOCC1. The second-order valence-electron chi connectivity index (χ2n) is 5.41. The molecule has 1 aliphatic rings. The summed E-state index contributed by atoms with van der Waals surface area (Å²) in [6.45, 7) is 3.08. The lowest BCUT2D eigenvalue weighted by atomic mass is 9.99. The zero-order chi connectivity index (χ0) is 14.5. The third-order valence-electron chi connectivity index (χ3n) is 3.57. The van der Waals surface area contributed by atoms with Gasteiger partial charge in [-0.15, -0.1) is 0 Å². The highest BCUT2D eigenvalue weighted by Crippen LogP contribution is 2.17. The summed E-state index contributed by atoms with van der Waals surface area (Å²) in [5.41, 5.74) is 0.691. The summed E-state index contributed by atoms with van der Waals surface area (Å²) in [5, 5.41) is 8.93. The molecule has 1 aromatic carbocycles. The van der Waals surface area contributed by atoms with Gasteiger partial charge in [0.15, 0.2) is 0 Å². The van der Waals surface area contributed by atoms with Crippen molar-refractivity contribution >= 4 is 5.97 Å². The van der Waals surface area contributed by atoms with Crippen molar-refractivity contribution in [3.63, 3.8) is 0 Å². The van der Waals surface area contributed by atoms with Gasteiger partial charge in [-0.1, -0.05) is 0 Å². The van der Waals surface area contributed by atoms with Crippen LogP contribution in [-0.4, -0.2) is 42.8 Å². The van der Waals surface area contributed by atoms with E-state index in [1.165, 1.54) is 12.1 Å². The van der Waals surface area contributed by atoms with Crippen LogP contribution in [0.5, 0.6) is 0 Å². The fraction of sp³-hybridized carbons (Fsp3) is 0.533. The molecule has 0 radical (unpaired) electrons. The second-order valence-corrected chi connectivity index (χ2v) is 5.41. The Hall–Kier alpha value is -1.46. The largest absolute Gasteiger partial charge is 0.478 e. The van der Waals surface area contributed by atoms with Crippen LogP contribution in [0.1, 0.15) is 28.8 Å². The topological polar surface area (TPSA) is 49.8 Å². The fourth-order valence-electron chi connectivity index (χ4n) is 2.61. The first kappa shape index (κ1) is 14.9. The summed E-state index contributed by atoms with van der Waals surface area (Å²) in [6, 6.07) is 3.98. The first-order valence-corrected chi connectivity index (χ1v) is 6.83. The number of carboxylic acid groups (broad SMARTS) is 1. The Bertz CT molecular complexity index is 472. The standard InChI is InChI=1S/C15H20FNO3/c1-17(9-11-2-4-20-5-3-11)10-12-6-13(15(18)19)8-14(16)7-12/h6-8,11H,2-5,9-10H2,1H3,(H,18,19). The van der Waals surface area contributed by atoms with Gasteiger partial charge in [-0.25, -0.2) is 9.18 Å². The molecule has 5 heteroatoms. The van der Waals surface area contributed by atoms with E-state index in [-0.39, 0.29) is 5.56 Å². The first-order valence-electron chi connectivity index (χ1n) is 6.83. The van der Waals surface area contributed by atoms with Crippen molar-refractivity contribution in [2.75, 3.05) is 26.8 Å². The molecule has 2 rings (SSSR count). The van der Waals surface area contributed by atoms with E-state index in [0.29, 0.717) is 18.0 Å². The molecule has 1 aliphatic heterocycles. The van der Waals surface area contributed by atoms with Gasteiger partial charge in [-0.2, -0.15) is 0 Å². The number of rotatable bonds is 5. The second kappa shape index (κ2) is 6.81. The van der Waals surface area contributed by atoms with E-state index in [0.717, 1.165) is 38.7 Å². The maximum atomic E-state index is 13.4. The lowest BCUT2D eigenvalue weighted by Crippen LogP contribution is -2.29. The van der Waals surface area contributed by atoms with Crippen molar-refractivity contribution in [2.45, 2.75) is 19.4 Å². The van der Waals surface area contributed by atoms with E-state index in [2.05, 4.69) is 4.90 Å². The number of benzene rings is 1. The Labute approximate surface area is 118 Å². The third-order valence-corrected chi connectivity index (χ3v) is 3.57. The van der Waals surface area contributed by atoms with Gasteiger partial charge >= 0.3 is 5.97 Å². The molecule has 1 heterocycles. The molecule has 0 atom stereocenters. The molecule has 0 amide bonds. The van der Waals surface area contributed by atoms with Crippen molar-refractivity contribution < 1.29 is 19.0 Å². The van der Waals surface area contributed by atoms with Crippen LogP contribution in [0.4, 0.5) is 4.39 Å². The van der Waals surface area contributed by atoms with E-state index in [1.807, 2.05) is 7.05 Å². The maximum Gasteiger partial charge on any atom is 0.335 e. The normalized spacial score (nSPS) is 16.6. The van der Waals surface area contributed by atoms with Crippen LogP contribution in [0.2, 0.25) is 0 Å². The van der Waals surface area contributed by atoms with Crippen LogP contribution in [0.15, 0.2) is 18.2 Å². The molecule has 0 bridgehead atoms. The molecule has 1 saturated heterocycles. The minimum Gasteiger partial charge on any atom is -0.478 e. The molecule has 0 unspecified atom stereocenters. The molecule has 1 N–H and O–H groups in total. The van der Waals surface area contributed by atoms with E-state index >= 15 is 0 Å². The number of aromatic carboxylic acids is 1. The molecule has 4 nitrogen and oxygen atoms in total. The monoisotopic (exact) mass is 281 g/mol. The van der Waals surface area contributed by atoms with Gasteiger partial charge in [-0.05, 0) is 49.6 Å². The Balaban J connectivity index is 1.96. The van der Waals surface area contributed by atoms with Gasteiger partial charge in [-0.3, -0.25) is 0 Å². The molecule has 20 heavy (non-hydrogen) atoms. The number of carbonyl (C=O) groups is 1. The van der Waals surface area contributed by atoms with E-state index < -0.39 is 11.8 Å². The van der Waals surface area contributed by atoms with Gasteiger partial charge in [0, 0.05) is 26.3 Å². The Kier molecular flexibility index (Phi) is 5.09. The summed E-state index contributed by atoms with van der Waals surface area (Å²) >= 11 is 0. The highest BCUT2D eigenvalue weighted by Gasteiger charge is 2.16. The summed E-state index contributed by atoms with van der Waals surface area (Å²) in [6.07, 6.45) is 2.10. The Morgan fingerprint density at radius 1 is 1.40 bits per heavy atom. The van der Waals surface area contributed by atoms with E-state index in [4.69, 9.17) is 9.84 Å². The van der Waals surface area contributed by atoms with Gasteiger partial charge in [0.1, 0.15) is 5.82 Å². The fourth-order valence-corrected chi connectivity index (χ4v) is 2.61. The highest BCUT2D eigenvalue weighted by molar-refractivity contribution is 5.87. The number of halogens is 1. The minimum atomic E-state index is -1.10. The number of nitrogens with zero attached hydrogens (tertiary/aromatic N) is 1. The van der Waals surface area contributed by atoms with Crippen LogP contribution in [0.3, 0.4) is 0 Å². The van der Waals surface area contributed by atoms with Crippen molar-refractivity contribution in [1.82, 2.24) is 4.90 Å². The lowest BCUT2D eigenvalue weighted by Gasteiger charge is -2.27. The smallest absolute Gasteiger partial charge is 0.335 e. The van der Waals surface area contributed by atoms with Crippen molar-refractivity contribution in [3.05, 3.63) is 35.1 Å². The van der Waals surface area contributed by atoms with E-state index in [9.17, 15) is 9.18 Å². The Morgan fingerprint density at radius 3 is 2.75 bits per heavy atom. The molecule has 110 valence electrons. The summed E-state index contributed by atoms with van der Waals surface area (Å²) in [7, 11) is 1.97. The molecule has 0 aromatic heterocycles. The predicted octanol–water partition coefficient (Wildman–Crippen LogP) is 2.38. The minimum absolute atomic E-state index is 0.000494.